The fourth-order valence-electron chi connectivity index (χ4n) is 2.32. The molecule has 0 fully saturated rings. The molecule has 1 aromatic heterocycles. The molecule has 1 heterocycles. The molecule has 1 aliphatic carbocycles. The van der Waals surface area contributed by atoms with Gasteiger partial charge >= 0.3 is 0 Å². The molecule has 1 aromatic rings. The molecule has 2 rings (SSSR count). The van der Waals surface area contributed by atoms with E-state index in [4.69, 9.17) is 0 Å². The predicted molar refractivity (Wildman–Crippen MR) is 62.3 cm³/mol. The number of rotatable bonds is 1. The third-order valence-electron chi connectivity index (χ3n) is 3.33. The fraction of sp³-hybridized carbons (Fsp3) is 0.615. The average molecular weight is 205 g/mol. The Kier molecular flexibility index (Phi) is 2.68. The molecule has 82 valence electrons. The van der Waals surface area contributed by atoms with Gasteiger partial charge in [-0.1, -0.05) is 20.8 Å². The lowest BCUT2D eigenvalue weighted by atomic mass is 9.87. The molecule has 0 aromatic carbocycles. The van der Waals surface area contributed by atoms with Gasteiger partial charge in [-0.05, 0) is 42.7 Å². The van der Waals surface area contributed by atoms with E-state index in [0.717, 1.165) is 18.4 Å². The molecule has 0 spiro atoms. The van der Waals surface area contributed by atoms with Crippen molar-refractivity contribution in [2.24, 2.45) is 5.92 Å². The highest BCUT2D eigenvalue weighted by molar-refractivity contribution is 5.29. The minimum absolute atomic E-state index is 0.109. The van der Waals surface area contributed by atoms with Crippen LogP contribution in [0.1, 0.15) is 49.9 Å². The number of pyridine rings is 1. The van der Waals surface area contributed by atoms with Gasteiger partial charge in [0.05, 0.1) is 0 Å². The normalized spacial score (nSPS) is 20.4. The van der Waals surface area contributed by atoms with Gasteiger partial charge in [0.25, 0.3) is 5.56 Å². The van der Waals surface area contributed by atoms with Crippen molar-refractivity contribution in [1.82, 2.24) is 4.98 Å². The summed E-state index contributed by atoms with van der Waals surface area (Å²) in [6, 6.07) is 2.12. The first-order chi connectivity index (χ1) is 7.08. The fourth-order valence-corrected chi connectivity index (χ4v) is 2.32. The summed E-state index contributed by atoms with van der Waals surface area (Å²) in [6.07, 6.45) is 3.40. The molecule has 1 N–H and O–H groups in total. The lowest BCUT2D eigenvalue weighted by Gasteiger charge is -2.22. The Hall–Kier alpha value is -1.05. The SMILES string of the molecule is CC1CCc2cc(C(C)C)c(=O)[nH]c2C1. The number of aromatic nitrogens is 1. The van der Waals surface area contributed by atoms with Crippen LogP contribution in [0.25, 0.3) is 0 Å². The number of aromatic amines is 1. The molecule has 2 heteroatoms. The predicted octanol–water partition coefficient (Wildman–Crippen LogP) is 2.62. The first kappa shape index (κ1) is 10.5. The average Bonchev–Trinajstić information content (AvgIpc) is 2.15. The number of aryl methyl sites for hydroxylation is 1. The summed E-state index contributed by atoms with van der Waals surface area (Å²) in [5.74, 6) is 1.02. The first-order valence-electron chi connectivity index (χ1n) is 5.83. The van der Waals surface area contributed by atoms with Gasteiger partial charge in [0.1, 0.15) is 0 Å². The lowest BCUT2D eigenvalue weighted by Crippen LogP contribution is -2.22. The molecular weight excluding hydrogens is 186 g/mol. The minimum atomic E-state index is 0.109. The minimum Gasteiger partial charge on any atom is -0.326 e. The Morgan fingerprint density at radius 3 is 2.87 bits per heavy atom. The van der Waals surface area contributed by atoms with Gasteiger partial charge in [0, 0.05) is 11.3 Å². The van der Waals surface area contributed by atoms with Gasteiger partial charge < -0.3 is 4.98 Å². The smallest absolute Gasteiger partial charge is 0.251 e. The van der Waals surface area contributed by atoms with Crippen LogP contribution in [0, 0.1) is 5.92 Å². The van der Waals surface area contributed by atoms with Crippen LogP contribution >= 0.6 is 0 Å². The molecule has 0 saturated heterocycles. The molecule has 15 heavy (non-hydrogen) atoms. The van der Waals surface area contributed by atoms with E-state index in [9.17, 15) is 4.79 Å². The van der Waals surface area contributed by atoms with Crippen LogP contribution in [-0.4, -0.2) is 4.98 Å². The molecule has 1 atom stereocenters. The van der Waals surface area contributed by atoms with Gasteiger partial charge in [-0.15, -0.1) is 0 Å². The maximum Gasteiger partial charge on any atom is 0.251 e. The number of fused-ring (bicyclic) bond motifs is 1. The molecule has 0 amide bonds. The van der Waals surface area contributed by atoms with Crippen molar-refractivity contribution in [2.45, 2.75) is 46.0 Å². The quantitative estimate of drug-likeness (QED) is 0.751. The summed E-state index contributed by atoms with van der Waals surface area (Å²) in [4.78, 5) is 14.8. The number of nitrogens with one attached hydrogen (secondary N) is 1. The van der Waals surface area contributed by atoms with Gasteiger partial charge in [-0.3, -0.25) is 4.79 Å². The van der Waals surface area contributed by atoms with Crippen molar-refractivity contribution in [3.8, 4) is 0 Å². The highest BCUT2D eigenvalue weighted by Crippen LogP contribution is 2.24. The monoisotopic (exact) mass is 205 g/mol. The lowest BCUT2D eigenvalue weighted by molar-refractivity contribution is 0.490. The summed E-state index contributed by atoms with van der Waals surface area (Å²) in [5.41, 5.74) is 3.57. The van der Waals surface area contributed by atoms with Crippen LogP contribution in [0.4, 0.5) is 0 Å². The Morgan fingerprint density at radius 2 is 2.20 bits per heavy atom. The zero-order chi connectivity index (χ0) is 11.0. The number of hydrogen-bond donors (Lipinski definition) is 1. The summed E-state index contributed by atoms with van der Waals surface area (Å²) < 4.78 is 0. The molecule has 2 nitrogen and oxygen atoms in total. The highest BCUT2D eigenvalue weighted by Gasteiger charge is 2.18. The highest BCUT2D eigenvalue weighted by atomic mass is 16.1. The second kappa shape index (κ2) is 3.84. The van der Waals surface area contributed by atoms with E-state index in [2.05, 4.69) is 31.8 Å². The summed E-state index contributed by atoms with van der Waals surface area (Å²) in [5, 5.41) is 0. The van der Waals surface area contributed by atoms with Crippen LogP contribution in [0.2, 0.25) is 0 Å². The van der Waals surface area contributed by atoms with Crippen LogP contribution in [0.3, 0.4) is 0 Å². The Balaban J connectivity index is 2.46. The van der Waals surface area contributed by atoms with Crippen molar-refractivity contribution in [2.75, 3.05) is 0 Å². The van der Waals surface area contributed by atoms with E-state index in [0.29, 0.717) is 11.8 Å². The first-order valence-corrected chi connectivity index (χ1v) is 5.83. The van der Waals surface area contributed by atoms with Crippen LogP contribution in [0.5, 0.6) is 0 Å². The Labute approximate surface area is 90.7 Å². The van der Waals surface area contributed by atoms with Gasteiger partial charge in [0.2, 0.25) is 0 Å². The Bertz CT molecular complexity index is 417. The van der Waals surface area contributed by atoms with Crippen molar-refractivity contribution in [3.63, 3.8) is 0 Å². The zero-order valence-electron chi connectivity index (χ0n) is 9.76. The van der Waals surface area contributed by atoms with Crippen molar-refractivity contribution in [3.05, 3.63) is 33.2 Å². The van der Waals surface area contributed by atoms with Gasteiger partial charge in [-0.25, -0.2) is 0 Å². The zero-order valence-corrected chi connectivity index (χ0v) is 9.76. The topological polar surface area (TPSA) is 32.9 Å². The van der Waals surface area contributed by atoms with Crippen LogP contribution < -0.4 is 5.56 Å². The molecule has 1 aliphatic rings. The van der Waals surface area contributed by atoms with E-state index >= 15 is 0 Å². The molecule has 0 bridgehead atoms. The Morgan fingerprint density at radius 1 is 1.47 bits per heavy atom. The molecule has 0 saturated carbocycles. The van der Waals surface area contributed by atoms with E-state index in [1.54, 1.807) is 0 Å². The summed E-state index contributed by atoms with van der Waals surface area (Å²) in [6.45, 7) is 6.39. The van der Waals surface area contributed by atoms with Gasteiger partial charge in [0.15, 0.2) is 0 Å². The maximum atomic E-state index is 11.8. The largest absolute Gasteiger partial charge is 0.326 e. The molecular formula is C13H19NO. The summed E-state index contributed by atoms with van der Waals surface area (Å²) in [7, 11) is 0. The van der Waals surface area contributed by atoms with Crippen molar-refractivity contribution in [1.29, 1.82) is 0 Å². The second-order valence-corrected chi connectivity index (χ2v) is 5.06. The number of H-pyrrole nitrogens is 1. The van der Waals surface area contributed by atoms with E-state index in [1.807, 2.05) is 0 Å². The van der Waals surface area contributed by atoms with Gasteiger partial charge in [-0.2, -0.15) is 0 Å². The van der Waals surface area contributed by atoms with Crippen molar-refractivity contribution < 1.29 is 0 Å². The summed E-state index contributed by atoms with van der Waals surface area (Å²) >= 11 is 0. The van der Waals surface area contributed by atoms with E-state index in [-0.39, 0.29) is 5.56 Å². The molecule has 0 aliphatic heterocycles. The molecule has 1 unspecified atom stereocenters. The van der Waals surface area contributed by atoms with E-state index < -0.39 is 0 Å². The van der Waals surface area contributed by atoms with Crippen LogP contribution in [-0.2, 0) is 12.8 Å². The van der Waals surface area contributed by atoms with Crippen LogP contribution in [0.15, 0.2) is 10.9 Å². The van der Waals surface area contributed by atoms with Crippen molar-refractivity contribution >= 4 is 0 Å². The van der Waals surface area contributed by atoms with E-state index in [1.165, 1.54) is 17.7 Å². The molecule has 0 radical (unpaired) electrons. The second-order valence-electron chi connectivity index (χ2n) is 5.06. The standard InChI is InChI=1S/C13H19NO/c1-8(2)11-7-10-5-4-9(3)6-12(10)14-13(11)15/h7-9H,4-6H2,1-3H3,(H,14,15). The maximum absolute atomic E-state index is 11.8. The third-order valence-corrected chi connectivity index (χ3v) is 3.33. The number of hydrogen-bond acceptors (Lipinski definition) is 1. The third kappa shape index (κ3) is 1.99.